The molecule has 0 spiro atoms. The number of ether oxygens (including phenoxy) is 2. The van der Waals surface area contributed by atoms with E-state index in [1.54, 1.807) is 14.2 Å². The molecule has 0 aliphatic rings. The van der Waals surface area contributed by atoms with E-state index in [1.165, 1.54) is 0 Å². The number of carbonyl (C=O) groups is 1. The van der Waals surface area contributed by atoms with E-state index in [9.17, 15) is 4.79 Å². The number of aryl methyl sites for hydroxylation is 2. The van der Waals surface area contributed by atoms with Gasteiger partial charge in [0.15, 0.2) is 11.5 Å². The fourth-order valence-corrected chi connectivity index (χ4v) is 3.81. The first-order valence-corrected chi connectivity index (χ1v) is 11.1. The molecule has 0 radical (unpaired) electrons. The number of nitrogens with one attached hydrogen (secondary N) is 1. The average Bonchev–Trinajstić information content (AvgIpc) is 3.14. The lowest BCUT2D eigenvalue weighted by Crippen LogP contribution is -2.26. The van der Waals surface area contributed by atoms with Gasteiger partial charge >= 0.3 is 0 Å². The number of rotatable bonds is 12. The second-order valence-electron chi connectivity index (χ2n) is 8.11. The second-order valence-corrected chi connectivity index (χ2v) is 8.11. The van der Waals surface area contributed by atoms with Crippen molar-refractivity contribution in [3.8, 4) is 11.5 Å². The molecule has 3 rings (SSSR count). The van der Waals surface area contributed by atoms with Crippen molar-refractivity contribution in [3.05, 3.63) is 53.9 Å². The lowest BCUT2D eigenvalue weighted by atomic mass is 10.1. The molecule has 0 saturated carbocycles. The van der Waals surface area contributed by atoms with Gasteiger partial charge < -0.3 is 24.3 Å². The molecule has 1 heterocycles. The van der Waals surface area contributed by atoms with Crippen molar-refractivity contribution in [2.24, 2.45) is 0 Å². The number of carbonyl (C=O) groups excluding carboxylic acids is 1. The van der Waals surface area contributed by atoms with Gasteiger partial charge in [-0.1, -0.05) is 18.2 Å². The smallest absolute Gasteiger partial charge is 0.220 e. The van der Waals surface area contributed by atoms with Crippen LogP contribution in [0.2, 0.25) is 0 Å². The summed E-state index contributed by atoms with van der Waals surface area (Å²) in [7, 11) is 7.40. The molecule has 0 aliphatic heterocycles. The molecule has 0 fully saturated rings. The predicted octanol–water partition coefficient (Wildman–Crippen LogP) is 3.30. The van der Waals surface area contributed by atoms with Gasteiger partial charge in [-0.25, -0.2) is 4.98 Å². The van der Waals surface area contributed by atoms with Crippen LogP contribution in [0.15, 0.2) is 42.5 Å². The molecule has 0 bridgehead atoms. The Morgan fingerprint density at radius 2 is 1.84 bits per heavy atom. The third kappa shape index (κ3) is 6.23. The van der Waals surface area contributed by atoms with E-state index in [2.05, 4.69) is 34.9 Å². The normalized spacial score (nSPS) is 11.2. The van der Waals surface area contributed by atoms with Crippen molar-refractivity contribution in [2.45, 2.75) is 32.2 Å². The highest BCUT2D eigenvalue weighted by Crippen LogP contribution is 2.28. The van der Waals surface area contributed by atoms with E-state index in [1.807, 2.05) is 36.4 Å². The largest absolute Gasteiger partial charge is 0.493 e. The van der Waals surface area contributed by atoms with Gasteiger partial charge in [-0.15, -0.1) is 0 Å². The molecular weight excluding hydrogens is 404 g/mol. The first-order valence-electron chi connectivity index (χ1n) is 11.1. The van der Waals surface area contributed by atoms with Crippen LogP contribution in [-0.4, -0.2) is 61.8 Å². The van der Waals surface area contributed by atoms with Crippen LogP contribution in [0.3, 0.4) is 0 Å². The molecule has 32 heavy (non-hydrogen) atoms. The Morgan fingerprint density at radius 1 is 1.06 bits per heavy atom. The van der Waals surface area contributed by atoms with Crippen molar-refractivity contribution in [1.29, 1.82) is 0 Å². The van der Waals surface area contributed by atoms with Gasteiger partial charge in [-0.2, -0.15) is 0 Å². The van der Waals surface area contributed by atoms with Crippen molar-refractivity contribution in [3.63, 3.8) is 0 Å². The molecule has 1 aromatic heterocycles. The fraction of sp³-hybridized carbons (Fsp3) is 0.440. The Balaban J connectivity index is 1.54. The lowest BCUT2D eigenvalue weighted by molar-refractivity contribution is -0.121. The van der Waals surface area contributed by atoms with E-state index in [0.29, 0.717) is 37.3 Å². The summed E-state index contributed by atoms with van der Waals surface area (Å²) in [6.07, 6.45) is 2.83. The summed E-state index contributed by atoms with van der Waals surface area (Å²) in [5.74, 6) is 2.42. The van der Waals surface area contributed by atoms with E-state index in [-0.39, 0.29) is 5.91 Å². The summed E-state index contributed by atoms with van der Waals surface area (Å²) in [6, 6.07) is 14.0. The number of methoxy groups -OCH3 is 2. The van der Waals surface area contributed by atoms with Crippen LogP contribution in [0.1, 0.15) is 24.2 Å². The van der Waals surface area contributed by atoms with Gasteiger partial charge in [-0.05, 0) is 63.3 Å². The second kappa shape index (κ2) is 11.5. The first-order chi connectivity index (χ1) is 15.5. The Kier molecular flexibility index (Phi) is 8.50. The van der Waals surface area contributed by atoms with Gasteiger partial charge in [0.25, 0.3) is 0 Å². The minimum Gasteiger partial charge on any atom is -0.493 e. The quantitative estimate of drug-likeness (QED) is 0.470. The highest BCUT2D eigenvalue weighted by Gasteiger charge is 2.11. The van der Waals surface area contributed by atoms with E-state index in [4.69, 9.17) is 14.5 Å². The number of fused-ring (bicyclic) bond motifs is 1. The summed E-state index contributed by atoms with van der Waals surface area (Å²) in [6.45, 7) is 2.52. The monoisotopic (exact) mass is 438 g/mol. The molecule has 3 aromatic rings. The van der Waals surface area contributed by atoms with Crippen LogP contribution in [0.5, 0.6) is 11.5 Å². The zero-order valence-electron chi connectivity index (χ0n) is 19.6. The van der Waals surface area contributed by atoms with Gasteiger partial charge in [-0.3, -0.25) is 4.79 Å². The van der Waals surface area contributed by atoms with Gasteiger partial charge in [0.1, 0.15) is 5.82 Å². The van der Waals surface area contributed by atoms with Gasteiger partial charge in [0, 0.05) is 25.9 Å². The van der Waals surface area contributed by atoms with Crippen molar-refractivity contribution < 1.29 is 14.3 Å². The van der Waals surface area contributed by atoms with Crippen LogP contribution >= 0.6 is 0 Å². The number of benzene rings is 2. The number of hydrogen-bond acceptors (Lipinski definition) is 5. The predicted molar refractivity (Wildman–Crippen MR) is 127 cm³/mol. The number of nitrogens with zero attached hydrogens (tertiary/aromatic N) is 3. The van der Waals surface area contributed by atoms with Gasteiger partial charge in [0.05, 0.1) is 25.3 Å². The van der Waals surface area contributed by atoms with E-state index < -0.39 is 0 Å². The molecule has 1 N–H and O–H groups in total. The Labute approximate surface area is 190 Å². The fourth-order valence-electron chi connectivity index (χ4n) is 3.81. The Hall–Kier alpha value is -3.06. The molecule has 0 atom stereocenters. The highest BCUT2D eigenvalue weighted by atomic mass is 16.5. The zero-order valence-corrected chi connectivity index (χ0v) is 19.6. The van der Waals surface area contributed by atoms with Crippen molar-refractivity contribution in [1.82, 2.24) is 19.8 Å². The summed E-state index contributed by atoms with van der Waals surface area (Å²) < 4.78 is 12.9. The van der Waals surface area contributed by atoms with E-state index >= 15 is 0 Å². The Morgan fingerprint density at radius 3 is 2.59 bits per heavy atom. The van der Waals surface area contributed by atoms with Crippen LogP contribution < -0.4 is 14.8 Å². The third-order valence-electron chi connectivity index (χ3n) is 5.48. The minimum atomic E-state index is 0.0371. The number of imidazole rings is 1. The van der Waals surface area contributed by atoms with Crippen molar-refractivity contribution in [2.75, 3.05) is 41.4 Å². The topological polar surface area (TPSA) is 68.6 Å². The molecule has 0 saturated heterocycles. The summed E-state index contributed by atoms with van der Waals surface area (Å²) in [5.41, 5.74) is 3.20. The average molecular weight is 439 g/mol. The first kappa shape index (κ1) is 23.6. The summed E-state index contributed by atoms with van der Waals surface area (Å²) in [4.78, 5) is 19.4. The Bertz CT molecular complexity index is 1030. The summed E-state index contributed by atoms with van der Waals surface area (Å²) in [5, 5.41) is 3.04. The SMILES string of the molecule is COc1ccc(CCC(=O)NCCc2nc3ccccc3n2CCCN(C)C)cc1OC. The molecule has 7 heteroatoms. The van der Waals surface area contributed by atoms with Crippen LogP contribution in [0.25, 0.3) is 11.0 Å². The van der Waals surface area contributed by atoms with Gasteiger partial charge in [0.2, 0.25) is 5.91 Å². The summed E-state index contributed by atoms with van der Waals surface area (Å²) >= 11 is 0. The molecule has 0 unspecified atom stereocenters. The molecule has 2 aromatic carbocycles. The minimum absolute atomic E-state index is 0.0371. The molecule has 1 amide bonds. The molecule has 172 valence electrons. The standard InChI is InChI=1S/C25H34N4O3/c1-28(2)16-7-17-29-21-9-6-5-8-20(21)27-24(29)14-15-26-25(30)13-11-19-10-12-22(31-3)23(18-19)32-4/h5-6,8-10,12,18H,7,11,13-17H2,1-4H3,(H,26,30). The van der Waals surface area contributed by atoms with Crippen LogP contribution in [0.4, 0.5) is 0 Å². The zero-order chi connectivity index (χ0) is 22.9. The molecular formula is C25H34N4O3. The molecule has 0 aliphatic carbocycles. The number of para-hydroxylation sites is 2. The third-order valence-corrected chi connectivity index (χ3v) is 5.48. The maximum absolute atomic E-state index is 12.4. The highest BCUT2D eigenvalue weighted by molar-refractivity contribution is 5.77. The van der Waals surface area contributed by atoms with E-state index in [0.717, 1.165) is 41.9 Å². The van der Waals surface area contributed by atoms with Crippen LogP contribution in [-0.2, 0) is 24.2 Å². The number of aromatic nitrogens is 2. The lowest BCUT2D eigenvalue weighted by Gasteiger charge is -2.13. The number of amides is 1. The van der Waals surface area contributed by atoms with Crippen LogP contribution in [0, 0.1) is 0 Å². The maximum atomic E-state index is 12.4. The maximum Gasteiger partial charge on any atom is 0.220 e. The number of hydrogen-bond donors (Lipinski definition) is 1. The van der Waals surface area contributed by atoms with Crippen molar-refractivity contribution >= 4 is 16.9 Å². The molecule has 7 nitrogen and oxygen atoms in total.